The van der Waals surface area contributed by atoms with Crippen LogP contribution in [-0.2, 0) is 11.2 Å². The minimum atomic E-state index is -1.32. The predicted molar refractivity (Wildman–Crippen MR) is 62.6 cm³/mol. The highest BCUT2D eigenvalue weighted by molar-refractivity contribution is 5.72. The molecule has 3 nitrogen and oxygen atoms in total. The lowest BCUT2D eigenvalue weighted by Crippen LogP contribution is -2.22. The molecule has 0 aliphatic rings. The third-order valence-corrected chi connectivity index (χ3v) is 2.74. The molecule has 0 saturated heterocycles. The van der Waals surface area contributed by atoms with Crippen molar-refractivity contribution < 1.29 is 15.0 Å². The van der Waals surface area contributed by atoms with E-state index in [0.29, 0.717) is 5.92 Å². The average molecular weight is 222 g/mol. The molecule has 2 N–H and O–H groups in total. The van der Waals surface area contributed by atoms with E-state index in [9.17, 15) is 9.90 Å². The standard InChI is InChI=1S/C13H18O3/c1-8(2)10-5-4-9(3)11(6-10)7-12(14)13(15)16/h4-6,8,12,14H,7H2,1-3H3,(H,15,16). The highest BCUT2D eigenvalue weighted by Crippen LogP contribution is 2.19. The minimum absolute atomic E-state index is 0.168. The summed E-state index contributed by atoms with van der Waals surface area (Å²) in [6.07, 6.45) is -1.15. The second-order valence-corrected chi connectivity index (χ2v) is 4.40. The molecule has 0 aliphatic carbocycles. The summed E-state index contributed by atoms with van der Waals surface area (Å²) in [5, 5.41) is 18.0. The summed E-state index contributed by atoms with van der Waals surface area (Å²) in [6, 6.07) is 5.99. The lowest BCUT2D eigenvalue weighted by Gasteiger charge is -2.12. The molecule has 16 heavy (non-hydrogen) atoms. The quantitative estimate of drug-likeness (QED) is 0.820. The van der Waals surface area contributed by atoms with Gasteiger partial charge in [0.25, 0.3) is 0 Å². The number of carboxylic acid groups (broad SMARTS) is 1. The van der Waals surface area contributed by atoms with E-state index in [4.69, 9.17) is 5.11 Å². The zero-order valence-corrected chi connectivity index (χ0v) is 9.90. The molecule has 3 heteroatoms. The molecule has 1 aromatic rings. The summed E-state index contributed by atoms with van der Waals surface area (Å²) in [6.45, 7) is 6.10. The molecule has 0 aliphatic heterocycles. The van der Waals surface area contributed by atoms with Crippen LogP contribution in [0.3, 0.4) is 0 Å². The van der Waals surface area contributed by atoms with Gasteiger partial charge in [0.1, 0.15) is 0 Å². The minimum Gasteiger partial charge on any atom is -0.479 e. The van der Waals surface area contributed by atoms with Crippen molar-refractivity contribution in [3.63, 3.8) is 0 Å². The molecule has 0 heterocycles. The molecular formula is C13H18O3. The van der Waals surface area contributed by atoms with E-state index in [1.165, 1.54) is 0 Å². The first-order valence-electron chi connectivity index (χ1n) is 5.42. The average Bonchev–Trinajstić information content (AvgIpc) is 2.20. The van der Waals surface area contributed by atoms with Crippen molar-refractivity contribution in [2.75, 3.05) is 0 Å². The monoisotopic (exact) mass is 222 g/mol. The van der Waals surface area contributed by atoms with E-state index in [1.807, 2.05) is 25.1 Å². The first-order valence-corrected chi connectivity index (χ1v) is 5.42. The van der Waals surface area contributed by atoms with Crippen LogP contribution in [0.4, 0.5) is 0 Å². The predicted octanol–water partition coefficient (Wildman–Crippen LogP) is 2.11. The summed E-state index contributed by atoms with van der Waals surface area (Å²) in [7, 11) is 0. The topological polar surface area (TPSA) is 57.5 Å². The van der Waals surface area contributed by atoms with Crippen LogP contribution in [0.15, 0.2) is 18.2 Å². The molecule has 0 spiro atoms. The van der Waals surface area contributed by atoms with Crippen LogP contribution in [-0.4, -0.2) is 22.3 Å². The molecule has 0 radical (unpaired) electrons. The van der Waals surface area contributed by atoms with Gasteiger partial charge < -0.3 is 10.2 Å². The van der Waals surface area contributed by atoms with Gasteiger partial charge in [0.2, 0.25) is 0 Å². The normalized spacial score (nSPS) is 12.8. The summed E-state index contributed by atoms with van der Waals surface area (Å²) in [5.41, 5.74) is 3.09. The van der Waals surface area contributed by atoms with Crippen LogP contribution in [0.2, 0.25) is 0 Å². The zero-order valence-electron chi connectivity index (χ0n) is 9.90. The van der Waals surface area contributed by atoms with E-state index < -0.39 is 12.1 Å². The third kappa shape index (κ3) is 3.07. The molecule has 0 fully saturated rings. The molecule has 1 rings (SSSR count). The van der Waals surface area contributed by atoms with Gasteiger partial charge in [-0.15, -0.1) is 0 Å². The Kier molecular flexibility index (Phi) is 4.07. The molecule has 88 valence electrons. The lowest BCUT2D eigenvalue weighted by atomic mass is 9.95. The van der Waals surface area contributed by atoms with Crippen LogP contribution < -0.4 is 0 Å². The van der Waals surface area contributed by atoms with Crippen molar-refractivity contribution in [2.45, 2.75) is 39.2 Å². The maximum atomic E-state index is 10.6. The number of aliphatic hydroxyl groups is 1. The van der Waals surface area contributed by atoms with Crippen molar-refractivity contribution in [1.82, 2.24) is 0 Å². The van der Waals surface area contributed by atoms with E-state index in [1.54, 1.807) is 0 Å². The van der Waals surface area contributed by atoms with E-state index in [-0.39, 0.29) is 6.42 Å². The fourth-order valence-electron chi connectivity index (χ4n) is 1.57. The van der Waals surface area contributed by atoms with E-state index in [2.05, 4.69) is 13.8 Å². The van der Waals surface area contributed by atoms with Gasteiger partial charge in [-0.05, 0) is 29.5 Å². The molecule has 1 aromatic carbocycles. The maximum Gasteiger partial charge on any atom is 0.332 e. The highest BCUT2D eigenvalue weighted by atomic mass is 16.4. The maximum absolute atomic E-state index is 10.6. The first-order chi connectivity index (χ1) is 7.41. The Morgan fingerprint density at radius 1 is 1.38 bits per heavy atom. The Labute approximate surface area is 95.7 Å². The molecule has 0 saturated carbocycles. The summed E-state index contributed by atoms with van der Waals surface area (Å²) in [4.78, 5) is 10.6. The zero-order chi connectivity index (χ0) is 12.3. The Hall–Kier alpha value is -1.35. The Morgan fingerprint density at radius 2 is 2.00 bits per heavy atom. The summed E-state index contributed by atoms with van der Waals surface area (Å²) in [5.74, 6) is -0.768. The van der Waals surface area contributed by atoms with Gasteiger partial charge in [0.15, 0.2) is 6.10 Å². The molecule has 1 unspecified atom stereocenters. The smallest absolute Gasteiger partial charge is 0.332 e. The first kappa shape index (κ1) is 12.7. The molecule has 0 aromatic heterocycles. The van der Waals surface area contributed by atoms with Gasteiger partial charge in [-0.25, -0.2) is 4.79 Å². The number of hydrogen-bond acceptors (Lipinski definition) is 2. The number of hydrogen-bond donors (Lipinski definition) is 2. The van der Waals surface area contributed by atoms with Crippen LogP contribution in [0.5, 0.6) is 0 Å². The Morgan fingerprint density at radius 3 is 2.50 bits per heavy atom. The number of aliphatic hydroxyl groups excluding tert-OH is 1. The molecule has 0 bridgehead atoms. The van der Waals surface area contributed by atoms with Gasteiger partial charge in [0, 0.05) is 6.42 Å². The third-order valence-electron chi connectivity index (χ3n) is 2.74. The van der Waals surface area contributed by atoms with Crippen molar-refractivity contribution in [1.29, 1.82) is 0 Å². The van der Waals surface area contributed by atoms with Crippen molar-refractivity contribution in [2.24, 2.45) is 0 Å². The van der Waals surface area contributed by atoms with Gasteiger partial charge in [-0.3, -0.25) is 0 Å². The van der Waals surface area contributed by atoms with Crippen LogP contribution in [0, 0.1) is 6.92 Å². The van der Waals surface area contributed by atoms with Gasteiger partial charge in [-0.2, -0.15) is 0 Å². The molecule has 0 amide bonds. The second-order valence-electron chi connectivity index (χ2n) is 4.40. The number of aliphatic carboxylic acids is 1. The largest absolute Gasteiger partial charge is 0.479 e. The SMILES string of the molecule is Cc1ccc(C(C)C)cc1CC(O)C(=O)O. The van der Waals surface area contributed by atoms with E-state index in [0.717, 1.165) is 16.7 Å². The highest BCUT2D eigenvalue weighted by Gasteiger charge is 2.15. The molecular weight excluding hydrogens is 204 g/mol. The lowest BCUT2D eigenvalue weighted by molar-refractivity contribution is -0.146. The number of aryl methyl sites for hydroxylation is 1. The summed E-state index contributed by atoms with van der Waals surface area (Å²) < 4.78 is 0. The van der Waals surface area contributed by atoms with Gasteiger partial charge >= 0.3 is 5.97 Å². The summed E-state index contributed by atoms with van der Waals surface area (Å²) >= 11 is 0. The van der Waals surface area contributed by atoms with Crippen molar-refractivity contribution in [3.8, 4) is 0 Å². The van der Waals surface area contributed by atoms with Crippen LogP contribution >= 0.6 is 0 Å². The van der Waals surface area contributed by atoms with Crippen molar-refractivity contribution in [3.05, 3.63) is 34.9 Å². The van der Waals surface area contributed by atoms with Crippen LogP contribution in [0.1, 0.15) is 36.5 Å². The van der Waals surface area contributed by atoms with Crippen molar-refractivity contribution >= 4 is 5.97 Å². The molecule has 1 atom stereocenters. The van der Waals surface area contributed by atoms with Gasteiger partial charge in [-0.1, -0.05) is 32.0 Å². The second kappa shape index (κ2) is 5.12. The number of carboxylic acids is 1. The number of rotatable bonds is 4. The Bertz CT molecular complexity index is 383. The number of benzene rings is 1. The fourth-order valence-corrected chi connectivity index (χ4v) is 1.57. The Balaban J connectivity index is 2.94. The van der Waals surface area contributed by atoms with Gasteiger partial charge in [0.05, 0.1) is 0 Å². The fraction of sp³-hybridized carbons (Fsp3) is 0.462. The van der Waals surface area contributed by atoms with Crippen LogP contribution in [0.25, 0.3) is 0 Å². The van der Waals surface area contributed by atoms with E-state index >= 15 is 0 Å². The number of carbonyl (C=O) groups is 1.